The highest BCUT2D eigenvalue weighted by atomic mass is 32.1. The molecule has 0 unspecified atom stereocenters. The van der Waals surface area contributed by atoms with Gasteiger partial charge < -0.3 is 15.0 Å². The molecule has 6 heteroatoms. The summed E-state index contributed by atoms with van der Waals surface area (Å²) in [7, 11) is 5.60. The number of hydrogen-bond acceptors (Lipinski definition) is 5. The van der Waals surface area contributed by atoms with Gasteiger partial charge in [0.25, 0.3) is 5.91 Å². The van der Waals surface area contributed by atoms with Gasteiger partial charge in [-0.15, -0.1) is 11.3 Å². The number of carbonyl (C=O) groups is 1. The van der Waals surface area contributed by atoms with Gasteiger partial charge in [0.2, 0.25) is 0 Å². The van der Waals surface area contributed by atoms with Crippen molar-refractivity contribution in [1.29, 1.82) is 0 Å². The van der Waals surface area contributed by atoms with Crippen LogP contribution in [0.25, 0.3) is 20.8 Å². The molecule has 0 bridgehead atoms. The molecule has 0 aliphatic heterocycles. The Morgan fingerprint density at radius 2 is 1.72 bits per heavy atom. The predicted octanol–water partition coefficient (Wildman–Crippen LogP) is 5.29. The van der Waals surface area contributed by atoms with Crippen LogP contribution in [0.4, 0.5) is 11.4 Å². The van der Waals surface area contributed by atoms with E-state index in [1.54, 1.807) is 18.4 Å². The average molecular weight is 404 g/mol. The first-order chi connectivity index (χ1) is 14.0. The fourth-order valence-electron chi connectivity index (χ4n) is 2.97. The SMILES string of the molecule is COc1ccc2nc(-c3ccc(NC(=O)c4ccc(N(C)C)cc4)cc3)sc2c1. The molecule has 0 fully saturated rings. The molecular weight excluding hydrogens is 382 g/mol. The van der Waals surface area contributed by atoms with E-state index in [2.05, 4.69) is 5.32 Å². The molecule has 4 rings (SSSR count). The lowest BCUT2D eigenvalue weighted by Crippen LogP contribution is -2.13. The molecule has 0 aliphatic rings. The summed E-state index contributed by atoms with van der Waals surface area (Å²) in [4.78, 5) is 19.2. The lowest BCUT2D eigenvalue weighted by atomic mass is 10.1. The van der Waals surface area contributed by atoms with E-state index in [0.717, 1.165) is 37.9 Å². The van der Waals surface area contributed by atoms with Crippen molar-refractivity contribution in [3.8, 4) is 16.3 Å². The van der Waals surface area contributed by atoms with Gasteiger partial charge >= 0.3 is 0 Å². The summed E-state index contributed by atoms with van der Waals surface area (Å²) in [5.41, 5.74) is 4.39. The van der Waals surface area contributed by atoms with Gasteiger partial charge in [-0.05, 0) is 66.7 Å². The normalized spacial score (nSPS) is 10.7. The molecule has 0 spiro atoms. The zero-order chi connectivity index (χ0) is 20.4. The van der Waals surface area contributed by atoms with Crippen LogP contribution in [0, 0.1) is 0 Å². The van der Waals surface area contributed by atoms with E-state index in [9.17, 15) is 4.79 Å². The van der Waals surface area contributed by atoms with Crippen LogP contribution in [0.2, 0.25) is 0 Å². The number of hydrogen-bond donors (Lipinski definition) is 1. The van der Waals surface area contributed by atoms with Gasteiger partial charge in [0.1, 0.15) is 10.8 Å². The van der Waals surface area contributed by atoms with Crippen molar-refractivity contribution >= 4 is 38.8 Å². The zero-order valence-electron chi connectivity index (χ0n) is 16.5. The molecule has 0 saturated carbocycles. The maximum atomic E-state index is 12.5. The van der Waals surface area contributed by atoms with E-state index in [0.29, 0.717) is 5.56 Å². The van der Waals surface area contributed by atoms with Crippen LogP contribution >= 0.6 is 11.3 Å². The molecule has 146 valence electrons. The highest BCUT2D eigenvalue weighted by molar-refractivity contribution is 7.21. The molecule has 0 atom stereocenters. The van der Waals surface area contributed by atoms with E-state index in [1.807, 2.05) is 85.7 Å². The lowest BCUT2D eigenvalue weighted by Gasteiger charge is -2.12. The van der Waals surface area contributed by atoms with Crippen molar-refractivity contribution in [2.24, 2.45) is 0 Å². The molecule has 1 amide bonds. The third-order valence-electron chi connectivity index (χ3n) is 4.63. The van der Waals surface area contributed by atoms with Gasteiger partial charge in [-0.2, -0.15) is 0 Å². The summed E-state index contributed by atoms with van der Waals surface area (Å²) >= 11 is 1.62. The number of methoxy groups -OCH3 is 1. The van der Waals surface area contributed by atoms with E-state index >= 15 is 0 Å². The summed E-state index contributed by atoms with van der Waals surface area (Å²) in [6.07, 6.45) is 0. The van der Waals surface area contributed by atoms with Crippen molar-refractivity contribution in [3.05, 3.63) is 72.3 Å². The molecule has 0 radical (unpaired) electrons. The Labute approximate surface area is 173 Å². The van der Waals surface area contributed by atoms with Crippen molar-refractivity contribution in [3.63, 3.8) is 0 Å². The van der Waals surface area contributed by atoms with Crippen LogP contribution in [0.1, 0.15) is 10.4 Å². The van der Waals surface area contributed by atoms with Gasteiger partial charge in [0.15, 0.2) is 0 Å². The average Bonchev–Trinajstić information content (AvgIpc) is 3.17. The van der Waals surface area contributed by atoms with E-state index < -0.39 is 0 Å². The highest BCUT2D eigenvalue weighted by Gasteiger charge is 2.09. The first kappa shape index (κ1) is 19.0. The number of anilines is 2. The molecule has 0 saturated heterocycles. The van der Waals surface area contributed by atoms with Gasteiger partial charge in [-0.25, -0.2) is 4.98 Å². The first-order valence-electron chi connectivity index (χ1n) is 9.17. The molecule has 1 heterocycles. The fraction of sp³-hybridized carbons (Fsp3) is 0.130. The maximum absolute atomic E-state index is 12.5. The fourth-order valence-corrected chi connectivity index (χ4v) is 3.97. The number of amides is 1. The number of nitrogens with one attached hydrogen (secondary N) is 1. The van der Waals surface area contributed by atoms with Crippen LogP contribution in [-0.2, 0) is 0 Å². The molecule has 1 N–H and O–H groups in total. The molecule has 3 aromatic carbocycles. The predicted molar refractivity (Wildman–Crippen MR) is 120 cm³/mol. The number of nitrogens with zero attached hydrogens (tertiary/aromatic N) is 2. The second-order valence-corrected chi connectivity index (χ2v) is 7.86. The first-order valence-corrected chi connectivity index (χ1v) is 9.99. The minimum atomic E-state index is -0.130. The monoisotopic (exact) mass is 403 g/mol. The van der Waals surface area contributed by atoms with E-state index in [1.165, 1.54) is 0 Å². The van der Waals surface area contributed by atoms with Gasteiger partial charge in [0, 0.05) is 36.6 Å². The van der Waals surface area contributed by atoms with Crippen LogP contribution in [0.5, 0.6) is 5.75 Å². The van der Waals surface area contributed by atoms with E-state index in [-0.39, 0.29) is 5.91 Å². The second-order valence-electron chi connectivity index (χ2n) is 6.83. The Morgan fingerprint density at radius 3 is 2.38 bits per heavy atom. The number of rotatable bonds is 5. The van der Waals surface area contributed by atoms with Crippen molar-refractivity contribution in [2.75, 3.05) is 31.4 Å². The molecule has 29 heavy (non-hydrogen) atoms. The topological polar surface area (TPSA) is 54.5 Å². The van der Waals surface area contributed by atoms with Crippen molar-refractivity contribution in [2.45, 2.75) is 0 Å². The summed E-state index contributed by atoms with van der Waals surface area (Å²) < 4.78 is 6.36. The Balaban J connectivity index is 1.49. The number of fused-ring (bicyclic) bond motifs is 1. The van der Waals surface area contributed by atoms with Crippen molar-refractivity contribution in [1.82, 2.24) is 4.98 Å². The van der Waals surface area contributed by atoms with Gasteiger partial charge in [-0.3, -0.25) is 4.79 Å². The van der Waals surface area contributed by atoms with Crippen LogP contribution < -0.4 is 15.0 Å². The summed E-state index contributed by atoms with van der Waals surface area (Å²) in [5, 5.41) is 3.88. The minimum Gasteiger partial charge on any atom is -0.497 e. The zero-order valence-corrected chi connectivity index (χ0v) is 17.3. The third kappa shape index (κ3) is 4.07. The smallest absolute Gasteiger partial charge is 0.255 e. The number of ether oxygens (including phenoxy) is 1. The Bertz CT molecular complexity index is 1150. The summed E-state index contributed by atoms with van der Waals surface area (Å²) in [6.45, 7) is 0. The molecular formula is C23H21N3O2S. The largest absolute Gasteiger partial charge is 0.497 e. The molecule has 0 aliphatic carbocycles. The van der Waals surface area contributed by atoms with Gasteiger partial charge in [-0.1, -0.05) is 0 Å². The van der Waals surface area contributed by atoms with E-state index in [4.69, 9.17) is 9.72 Å². The number of benzene rings is 3. The highest BCUT2D eigenvalue weighted by Crippen LogP contribution is 2.32. The molecule has 1 aromatic heterocycles. The number of aromatic nitrogens is 1. The Hall–Kier alpha value is -3.38. The third-order valence-corrected chi connectivity index (χ3v) is 5.70. The number of thiazole rings is 1. The van der Waals surface area contributed by atoms with Crippen LogP contribution in [-0.4, -0.2) is 32.1 Å². The molecule has 5 nitrogen and oxygen atoms in total. The van der Waals surface area contributed by atoms with Crippen LogP contribution in [0.3, 0.4) is 0 Å². The van der Waals surface area contributed by atoms with Crippen molar-refractivity contribution < 1.29 is 9.53 Å². The Morgan fingerprint density at radius 1 is 1.00 bits per heavy atom. The minimum absolute atomic E-state index is 0.130. The van der Waals surface area contributed by atoms with Crippen LogP contribution in [0.15, 0.2) is 66.7 Å². The Kier molecular flexibility index (Phi) is 5.18. The second kappa shape index (κ2) is 7.93. The quantitative estimate of drug-likeness (QED) is 0.492. The number of carbonyl (C=O) groups excluding carboxylic acids is 1. The standard InChI is InChI=1S/C23H21N3O2S/c1-26(2)18-10-6-15(7-11-18)22(27)24-17-8-4-16(5-9-17)23-25-20-13-12-19(28-3)14-21(20)29-23/h4-14H,1-3H3,(H,24,27). The lowest BCUT2D eigenvalue weighted by molar-refractivity contribution is 0.102. The summed E-state index contributed by atoms with van der Waals surface area (Å²) in [5.74, 6) is 0.694. The summed E-state index contributed by atoms with van der Waals surface area (Å²) in [6, 6.07) is 21.1. The molecule has 4 aromatic rings. The van der Waals surface area contributed by atoms with Gasteiger partial charge in [0.05, 0.1) is 17.3 Å². The maximum Gasteiger partial charge on any atom is 0.255 e.